The summed E-state index contributed by atoms with van der Waals surface area (Å²) in [5, 5.41) is 18.7. The molecule has 1 aliphatic rings. The second-order valence-electron chi connectivity index (χ2n) is 7.33. The molecular weight excluding hydrogens is 400 g/mol. The Morgan fingerprint density at radius 3 is 2.80 bits per heavy atom. The van der Waals surface area contributed by atoms with Crippen LogP contribution in [0.25, 0.3) is 0 Å². The minimum absolute atomic E-state index is 0.284. The van der Waals surface area contributed by atoms with Gasteiger partial charge in [0.2, 0.25) is 0 Å². The molecule has 0 fully saturated rings. The van der Waals surface area contributed by atoms with Crippen LogP contribution < -0.4 is 10.4 Å². The summed E-state index contributed by atoms with van der Waals surface area (Å²) in [4.78, 5) is 12.7. The van der Waals surface area contributed by atoms with Crippen molar-refractivity contribution in [2.75, 3.05) is 0 Å². The van der Waals surface area contributed by atoms with Crippen molar-refractivity contribution in [3.63, 3.8) is 0 Å². The van der Waals surface area contributed by atoms with Crippen LogP contribution in [0.3, 0.4) is 0 Å². The Morgan fingerprint density at radius 2 is 2.03 bits per heavy atom. The highest BCUT2D eigenvalue weighted by atomic mass is 35.5. The molecule has 3 aromatic rings. The van der Waals surface area contributed by atoms with Gasteiger partial charge in [-0.2, -0.15) is 5.26 Å². The number of para-hydroxylation sites is 1. The number of nitrogens with zero attached hydrogens (tertiary/aromatic N) is 1. The number of benzene rings is 2. The van der Waals surface area contributed by atoms with Crippen LogP contribution in [0.4, 0.5) is 0 Å². The van der Waals surface area contributed by atoms with Gasteiger partial charge in [-0.05, 0) is 41.8 Å². The van der Waals surface area contributed by atoms with Crippen molar-refractivity contribution in [1.29, 1.82) is 10.7 Å². The molecule has 0 saturated carbocycles. The van der Waals surface area contributed by atoms with E-state index in [1.54, 1.807) is 25.1 Å². The van der Waals surface area contributed by atoms with Crippen LogP contribution in [-0.4, -0.2) is 5.71 Å². The van der Waals surface area contributed by atoms with Crippen LogP contribution in [0.1, 0.15) is 33.9 Å². The van der Waals surface area contributed by atoms with Crippen LogP contribution >= 0.6 is 11.6 Å². The molecule has 1 aromatic heterocycles. The predicted octanol–water partition coefficient (Wildman–Crippen LogP) is 5.03. The zero-order valence-corrected chi connectivity index (χ0v) is 17.1. The second-order valence-corrected chi connectivity index (χ2v) is 7.74. The highest BCUT2D eigenvalue weighted by Gasteiger charge is 2.37. The minimum Gasteiger partial charge on any atom is -0.487 e. The van der Waals surface area contributed by atoms with E-state index in [0.717, 1.165) is 16.7 Å². The number of fused-ring (bicyclic) bond motifs is 1. The van der Waals surface area contributed by atoms with Crippen molar-refractivity contribution >= 4 is 17.3 Å². The lowest BCUT2D eigenvalue weighted by molar-refractivity contribution is 0.306. The van der Waals surface area contributed by atoms with Gasteiger partial charge in [-0.15, -0.1) is 0 Å². The van der Waals surface area contributed by atoms with Gasteiger partial charge in [0, 0.05) is 18.1 Å². The Labute approximate surface area is 179 Å². The lowest BCUT2D eigenvalue weighted by Crippen LogP contribution is -2.33. The molecule has 0 saturated heterocycles. The van der Waals surface area contributed by atoms with Gasteiger partial charge in [-0.3, -0.25) is 0 Å². The summed E-state index contributed by atoms with van der Waals surface area (Å²) in [7, 11) is 0. The van der Waals surface area contributed by atoms with Gasteiger partial charge in [-0.1, -0.05) is 48.0 Å². The number of hydrogen-bond acceptors (Lipinski definition) is 5. The minimum atomic E-state index is -0.720. The zero-order chi connectivity index (χ0) is 21.3. The molecule has 0 unspecified atom stereocenters. The van der Waals surface area contributed by atoms with Gasteiger partial charge >= 0.3 is 5.63 Å². The van der Waals surface area contributed by atoms with Gasteiger partial charge in [0.05, 0.1) is 22.6 Å². The summed E-state index contributed by atoms with van der Waals surface area (Å²) in [5.41, 5.74) is 2.73. The number of hydrogen-bond donors (Lipinski definition) is 1. The SMILES string of the molecule is Cc1cc2c(c(=O)o1)[C@H](c1cccc(COc3ccccc3Cl)c1)[C@H](C#N)C(=N)C2. The number of aryl methyl sites for hydroxylation is 1. The molecule has 2 atom stereocenters. The lowest BCUT2D eigenvalue weighted by Gasteiger charge is -2.29. The number of nitriles is 1. The molecule has 1 heterocycles. The molecule has 0 aliphatic heterocycles. The molecule has 5 nitrogen and oxygen atoms in total. The van der Waals surface area contributed by atoms with Crippen molar-refractivity contribution in [3.05, 3.63) is 98.1 Å². The Balaban J connectivity index is 1.72. The molecule has 1 N–H and O–H groups in total. The van der Waals surface area contributed by atoms with E-state index in [2.05, 4.69) is 6.07 Å². The van der Waals surface area contributed by atoms with Crippen molar-refractivity contribution in [2.45, 2.75) is 25.9 Å². The van der Waals surface area contributed by atoms with Gasteiger partial charge < -0.3 is 14.6 Å². The molecule has 0 spiro atoms. The van der Waals surface area contributed by atoms with Gasteiger partial charge in [-0.25, -0.2) is 4.79 Å². The molecule has 150 valence electrons. The zero-order valence-electron chi connectivity index (χ0n) is 16.3. The molecule has 0 bridgehead atoms. The van der Waals surface area contributed by atoms with Crippen LogP contribution in [0.2, 0.25) is 5.02 Å². The molecule has 1 aliphatic carbocycles. The van der Waals surface area contributed by atoms with E-state index in [4.69, 9.17) is 26.2 Å². The summed E-state index contributed by atoms with van der Waals surface area (Å²) >= 11 is 6.15. The topological polar surface area (TPSA) is 87.1 Å². The molecule has 0 radical (unpaired) electrons. The van der Waals surface area contributed by atoms with Crippen LogP contribution in [0.15, 0.2) is 63.8 Å². The quantitative estimate of drug-likeness (QED) is 0.643. The maximum atomic E-state index is 12.7. The lowest BCUT2D eigenvalue weighted by atomic mass is 9.72. The molecule has 2 aromatic carbocycles. The van der Waals surface area contributed by atoms with Gasteiger partial charge in [0.1, 0.15) is 18.1 Å². The largest absolute Gasteiger partial charge is 0.487 e. The Bertz CT molecular complexity index is 1230. The summed E-state index contributed by atoms with van der Waals surface area (Å²) in [5.74, 6) is -0.186. The normalized spacial score (nSPS) is 17.8. The standard InChI is InChI=1S/C24H19ClN2O3/c1-14-9-17-11-20(27)18(12-26)22(23(17)24(28)30-14)16-6-4-5-15(10-16)13-29-21-8-3-2-7-19(21)25/h2-10,18,22,27H,11,13H2,1H3/t18-,22-/m1/s1. The third kappa shape index (κ3) is 3.74. The Hall–Kier alpha value is -3.36. The first-order valence-corrected chi connectivity index (χ1v) is 9.92. The van der Waals surface area contributed by atoms with Crippen LogP contribution in [-0.2, 0) is 13.0 Å². The van der Waals surface area contributed by atoms with E-state index in [1.807, 2.05) is 36.4 Å². The summed E-state index contributed by atoms with van der Waals surface area (Å²) in [6.07, 6.45) is 0.284. The maximum Gasteiger partial charge on any atom is 0.340 e. The first-order chi connectivity index (χ1) is 14.5. The number of nitrogens with one attached hydrogen (secondary N) is 1. The van der Waals surface area contributed by atoms with E-state index in [1.165, 1.54) is 0 Å². The van der Waals surface area contributed by atoms with Crippen molar-refractivity contribution in [2.24, 2.45) is 5.92 Å². The van der Waals surface area contributed by atoms with Gasteiger partial charge in [0.15, 0.2) is 0 Å². The number of ether oxygens (including phenoxy) is 1. The van der Waals surface area contributed by atoms with Crippen LogP contribution in [0.5, 0.6) is 5.75 Å². The average Bonchev–Trinajstić information content (AvgIpc) is 2.72. The first-order valence-electron chi connectivity index (χ1n) is 9.54. The molecule has 4 rings (SSSR count). The van der Waals surface area contributed by atoms with E-state index in [9.17, 15) is 10.1 Å². The average molecular weight is 419 g/mol. The van der Waals surface area contributed by atoms with Crippen LogP contribution in [0, 0.1) is 29.6 Å². The van der Waals surface area contributed by atoms with Gasteiger partial charge in [0.25, 0.3) is 0 Å². The van der Waals surface area contributed by atoms with Crippen molar-refractivity contribution < 1.29 is 9.15 Å². The summed E-state index contributed by atoms with van der Waals surface area (Å²) in [6, 6.07) is 18.8. The van der Waals surface area contributed by atoms with E-state index < -0.39 is 17.5 Å². The fourth-order valence-electron chi connectivity index (χ4n) is 3.95. The number of rotatable bonds is 4. The molecule has 6 heteroatoms. The van der Waals surface area contributed by atoms with Crippen molar-refractivity contribution in [1.82, 2.24) is 0 Å². The fraction of sp³-hybridized carbons (Fsp3) is 0.208. The second kappa shape index (κ2) is 8.17. The number of halogens is 1. The van der Waals surface area contributed by atoms with E-state index in [-0.39, 0.29) is 13.0 Å². The fourth-order valence-corrected chi connectivity index (χ4v) is 4.14. The highest BCUT2D eigenvalue weighted by molar-refractivity contribution is 6.32. The first kappa shape index (κ1) is 19.9. The third-order valence-corrected chi connectivity index (χ3v) is 5.59. The highest BCUT2D eigenvalue weighted by Crippen LogP contribution is 2.38. The molecule has 0 amide bonds. The summed E-state index contributed by atoms with van der Waals surface area (Å²) in [6.45, 7) is 2.00. The Kier molecular flexibility index (Phi) is 5.43. The third-order valence-electron chi connectivity index (χ3n) is 5.28. The molecular formula is C24H19ClN2O3. The Morgan fingerprint density at radius 1 is 1.23 bits per heavy atom. The van der Waals surface area contributed by atoms with E-state index >= 15 is 0 Å². The van der Waals surface area contributed by atoms with Crippen molar-refractivity contribution in [3.8, 4) is 11.8 Å². The monoisotopic (exact) mass is 418 g/mol. The molecule has 30 heavy (non-hydrogen) atoms. The smallest absolute Gasteiger partial charge is 0.340 e. The maximum absolute atomic E-state index is 12.7. The van der Waals surface area contributed by atoms with E-state index in [0.29, 0.717) is 27.8 Å². The predicted molar refractivity (Wildman–Crippen MR) is 114 cm³/mol. The summed E-state index contributed by atoms with van der Waals surface area (Å²) < 4.78 is 11.2.